The third kappa shape index (κ3) is 2.80. The van der Waals surface area contributed by atoms with Crippen molar-refractivity contribution in [2.24, 2.45) is 0 Å². The number of halogens is 1. The number of nitrogens with zero attached hydrogens (tertiary/aromatic N) is 3. The lowest BCUT2D eigenvalue weighted by Gasteiger charge is -2.28. The molecule has 0 saturated heterocycles. The molecule has 0 radical (unpaired) electrons. The van der Waals surface area contributed by atoms with Crippen LogP contribution in [0.2, 0.25) is 5.02 Å². The van der Waals surface area contributed by atoms with E-state index in [9.17, 15) is 4.79 Å². The average molecular weight is 322 g/mol. The Hall–Kier alpha value is -1.46. The zero-order valence-electron chi connectivity index (χ0n) is 11.9. The summed E-state index contributed by atoms with van der Waals surface area (Å²) >= 11 is 7.82. The molecule has 0 N–H and O–H groups in total. The van der Waals surface area contributed by atoms with Crippen molar-refractivity contribution in [1.29, 1.82) is 0 Å². The normalized spacial score (nSPS) is 14.4. The number of fused-ring (bicyclic) bond motifs is 1. The van der Waals surface area contributed by atoms with Crippen LogP contribution < -0.4 is 4.90 Å². The summed E-state index contributed by atoms with van der Waals surface area (Å²) in [6.07, 6.45) is 1.84. The second-order valence-corrected chi connectivity index (χ2v) is 6.77. The molecule has 4 nitrogen and oxygen atoms in total. The highest BCUT2D eigenvalue weighted by Gasteiger charge is 2.25. The number of rotatable bonds is 2. The van der Waals surface area contributed by atoms with Gasteiger partial charge in [-0.1, -0.05) is 11.6 Å². The van der Waals surface area contributed by atoms with Gasteiger partial charge in [-0.2, -0.15) is 5.10 Å². The Morgan fingerprint density at radius 2 is 2.19 bits per heavy atom. The number of thioether (sulfide) groups is 1. The average Bonchev–Trinajstić information content (AvgIpc) is 2.96. The van der Waals surface area contributed by atoms with Gasteiger partial charge in [-0.25, -0.2) is 0 Å². The molecule has 1 aromatic carbocycles. The van der Waals surface area contributed by atoms with Gasteiger partial charge in [0.15, 0.2) is 5.69 Å². The first-order valence-corrected chi connectivity index (χ1v) is 8.22. The summed E-state index contributed by atoms with van der Waals surface area (Å²) in [5.74, 6) is 0.809. The van der Waals surface area contributed by atoms with Crippen molar-refractivity contribution >= 4 is 35.0 Å². The number of aromatic nitrogens is 2. The summed E-state index contributed by atoms with van der Waals surface area (Å²) in [6.45, 7) is 4.74. The van der Waals surface area contributed by atoms with Gasteiger partial charge in [0.05, 0.1) is 5.69 Å². The van der Waals surface area contributed by atoms with Crippen LogP contribution in [0, 0.1) is 0 Å². The molecule has 1 amide bonds. The Kier molecular flexibility index (Phi) is 3.95. The predicted octanol–water partition coefficient (Wildman–Crippen LogP) is 3.87. The van der Waals surface area contributed by atoms with E-state index in [0.29, 0.717) is 17.3 Å². The summed E-state index contributed by atoms with van der Waals surface area (Å²) in [5, 5.41) is 5.01. The highest BCUT2D eigenvalue weighted by molar-refractivity contribution is 7.99. The molecule has 0 atom stereocenters. The Morgan fingerprint density at radius 1 is 1.38 bits per heavy atom. The Labute approximate surface area is 133 Å². The first kappa shape index (κ1) is 14.5. The van der Waals surface area contributed by atoms with E-state index in [-0.39, 0.29) is 11.9 Å². The number of carbonyl (C=O) groups is 1. The maximum absolute atomic E-state index is 12.7. The van der Waals surface area contributed by atoms with E-state index in [0.717, 1.165) is 16.3 Å². The minimum Gasteiger partial charge on any atom is -0.305 e. The van der Waals surface area contributed by atoms with Crippen LogP contribution in [-0.2, 0) is 0 Å². The van der Waals surface area contributed by atoms with E-state index in [4.69, 9.17) is 11.6 Å². The van der Waals surface area contributed by atoms with Gasteiger partial charge in [0, 0.05) is 34.5 Å². The summed E-state index contributed by atoms with van der Waals surface area (Å²) in [4.78, 5) is 15.6. The number of amides is 1. The SMILES string of the molecule is CC(C)n1ccc(C(=O)N2CCSc3ccc(Cl)cc32)n1. The topological polar surface area (TPSA) is 38.1 Å². The lowest BCUT2D eigenvalue weighted by Crippen LogP contribution is -2.35. The number of benzene rings is 1. The van der Waals surface area contributed by atoms with Crippen molar-refractivity contribution in [3.8, 4) is 0 Å². The molecule has 2 heterocycles. The van der Waals surface area contributed by atoms with Crippen LogP contribution >= 0.6 is 23.4 Å². The molecule has 1 aliphatic heterocycles. The highest BCUT2D eigenvalue weighted by Crippen LogP contribution is 2.37. The van der Waals surface area contributed by atoms with Crippen molar-refractivity contribution in [2.45, 2.75) is 24.8 Å². The van der Waals surface area contributed by atoms with Crippen LogP contribution in [-0.4, -0.2) is 28.0 Å². The van der Waals surface area contributed by atoms with Crippen LogP contribution in [0.4, 0.5) is 5.69 Å². The van der Waals surface area contributed by atoms with Gasteiger partial charge in [0.25, 0.3) is 5.91 Å². The molecule has 6 heteroatoms. The summed E-state index contributed by atoms with van der Waals surface area (Å²) in [7, 11) is 0. The number of hydrogen-bond acceptors (Lipinski definition) is 3. The maximum atomic E-state index is 12.7. The molecule has 0 unspecified atom stereocenters. The van der Waals surface area contributed by atoms with Crippen LogP contribution in [0.1, 0.15) is 30.4 Å². The van der Waals surface area contributed by atoms with Crippen LogP contribution in [0.5, 0.6) is 0 Å². The monoisotopic (exact) mass is 321 g/mol. The van der Waals surface area contributed by atoms with E-state index in [1.54, 1.807) is 27.4 Å². The molecule has 3 rings (SSSR count). The fourth-order valence-corrected chi connectivity index (χ4v) is 3.42. The first-order valence-electron chi connectivity index (χ1n) is 6.85. The van der Waals surface area contributed by atoms with E-state index < -0.39 is 0 Å². The van der Waals surface area contributed by atoms with Gasteiger partial charge in [-0.15, -0.1) is 11.8 Å². The van der Waals surface area contributed by atoms with Crippen LogP contribution in [0.3, 0.4) is 0 Å². The Morgan fingerprint density at radius 3 is 2.90 bits per heavy atom. The minimum atomic E-state index is -0.0711. The highest BCUT2D eigenvalue weighted by atomic mass is 35.5. The third-order valence-corrected chi connectivity index (χ3v) is 4.66. The second kappa shape index (κ2) is 5.73. The molecule has 0 fully saturated rings. The third-order valence-electron chi connectivity index (χ3n) is 3.39. The number of carbonyl (C=O) groups excluding carboxylic acids is 1. The van der Waals surface area contributed by atoms with E-state index in [1.165, 1.54) is 0 Å². The minimum absolute atomic E-state index is 0.0711. The van der Waals surface area contributed by atoms with Crippen molar-refractivity contribution in [3.63, 3.8) is 0 Å². The molecule has 0 saturated carbocycles. The second-order valence-electron chi connectivity index (χ2n) is 5.19. The quantitative estimate of drug-likeness (QED) is 0.842. The molecule has 1 aromatic heterocycles. The molecule has 21 heavy (non-hydrogen) atoms. The van der Waals surface area contributed by atoms with Crippen LogP contribution in [0.25, 0.3) is 0 Å². The van der Waals surface area contributed by atoms with E-state index in [2.05, 4.69) is 5.10 Å². The van der Waals surface area contributed by atoms with Crippen LogP contribution in [0.15, 0.2) is 35.4 Å². The van der Waals surface area contributed by atoms with Gasteiger partial charge in [0.1, 0.15) is 0 Å². The van der Waals surface area contributed by atoms with E-state index >= 15 is 0 Å². The smallest absolute Gasteiger partial charge is 0.278 e. The lowest BCUT2D eigenvalue weighted by atomic mass is 10.2. The van der Waals surface area contributed by atoms with Crippen molar-refractivity contribution < 1.29 is 4.79 Å². The van der Waals surface area contributed by atoms with Crippen molar-refractivity contribution in [3.05, 3.63) is 41.2 Å². The molecular formula is C15H16ClN3OS. The van der Waals surface area contributed by atoms with Gasteiger partial charge in [-0.3, -0.25) is 9.48 Å². The molecule has 0 aliphatic carbocycles. The first-order chi connectivity index (χ1) is 10.1. The van der Waals surface area contributed by atoms with Crippen molar-refractivity contribution in [1.82, 2.24) is 9.78 Å². The fraction of sp³-hybridized carbons (Fsp3) is 0.333. The predicted molar refractivity (Wildman–Crippen MR) is 86.5 cm³/mol. The molecule has 0 bridgehead atoms. The fourth-order valence-electron chi connectivity index (χ4n) is 2.28. The van der Waals surface area contributed by atoms with Gasteiger partial charge < -0.3 is 4.90 Å². The molecule has 110 valence electrons. The Balaban J connectivity index is 1.94. The van der Waals surface area contributed by atoms with E-state index in [1.807, 2.05) is 38.2 Å². The van der Waals surface area contributed by atoms with Gasteiger partial charge in [-0.05, 0) is 38.1 Å². The Bertz CT molecular complexity index is 683. The maximum Gasteiger partial charge on any atom is 0.278 e. The molecule has 2 aromatic rings. The molecule has 0 spiro atoms. The zero-order chi connectivity index (χ0) is 15.0. The molecular weight excluding hydrogens is 306 g/mol. The molecule has 1 aliphatic rings. The van der Waals surface area contributed by atoms with Gasteiger partial charge >= 0.3 is 0 Å². The number of anilines is 1. The lowest BCUT2D eigenvalue weighted by molar-refractivity contribution is 0.0982. The van der Waals surface area contributed by atoms with Gasteiger partial charge in [0.2, 0.25) is 0 Å². The summed E-state index contributed by atoms with van der Waals surface area (Å²) in [5.41, 5.74) is 1.35. The standard InChI is InChI=1S/C15H16ClN3OS/c1-10(2)19-6-5-12(17-19)15(20)18-7-8-21-14-4-3-11(16)9-13(14)18/h3-6,9-10H,7-8H2,1-2H3. The number of hydrogen-bond donors (Lipinski definition) is 0. The largest absolute Gasteiger partial charge is 0.305 e. The zero-order valence-corrected chi connectivity index (χ0v) is 13.5. The van der Waals surface area contributed by atoms with Crippen molar-refractivity contribution in [2.75, 3.05) is 17.2 Å². The summed E-state index contributed by atoms with van der Waals surface area (Å²) < 4.78 is 1.80. The summed E-state index contributed by atoms with van der Waals surface area (Å²) in [6, 6.07) is 7.68.